The summed E-state index contributed by atoms with van der Waals surface area (Å²) in [5.41, 5.74) is 0.191. The van der Waals surface area contributed by atoms with Gasteiger partial charge in [0.2, 0.25) is 5.75 Å². The van der Waals surface area contributed by atoms with Gasteiger partial charge in [0.25, 0.3) is 5.89 Å². The SMILES string of the molecule is COc1c(-c2nc(CCl)no2)cccc1[N+](=O)[O-]. The fourth-order valence-corrected chi connectivity index (χ4v) is 1.58. The zero-order valence-electron chi connectivity index (χ0n) is 9.29. The van der Waals surface area contributed by atoms with Crippen molar-refractivity contribution in [3.05, 3.63) is 34.1 Å². The summed E-state index contributed by atoms with van der Waals surface area (Å²) < 4.78 is 10.0. The minimum atomic E-state index is -0.541. The highest BCUT2D eigenvalue weighted by Crippen LogP contribution is 2.36. The quantitative estimate of drug-likeness (QED) is 0.481. The van der Waals surface area contributed by atoms with E-state index in [0.29, 0.717) is 11.4 Å². The Morgan fingerprint density at radius 1 is 1.56 bits per heavy atom. The number of hydrogen-bond acceptors (Lipinski definition) is 6. The van der Waals surface area contributed by atoms with Gasteiger partial charge in [0.05, 0.1) is 23.5 Å². The summed E-state index contributed by atoms with van der Waals surface area (Å²) in [4.78, 5) is 14.3. The van der Waals surface area contributed by atoms with Crippen LogP contribution in [0.1, 0.15) is 5.82 Å². The van der Waals surface area contributed by atoms with Gasteiger partial charge in [0, 0.05) is 6.07 Å². The minimum Gasteiger partial charge on any atom is -0.490 e. The van der Waals surface area contributed by atoms with E-state index in [9.17, 15) is 10.1 Å². The standard InChI is InChI=1S/C10H8ClN3O4/c1-17-9-6(3-2-4-7(9)14(15)16)10-12-8(5-11)13-18-10/h2-4H,5H2,1H3. The molecular formula is C10H8ClN3O4. The van der Waals surface area contributed by atoms with Crippen LogP contribution in [-0.2, 0) is 5.88 Å². The van der Waals surface area contributed by atoms with Gasteiger partial charge in [-0.2, -0.15) is 4.98 Å². The van der Waals surface area contributed by atoms with Crippen molar-refractivity contribution in [1.29, 1.82) is 0 Å². The number of alkyl halides is 1. The molecule has 1 aromatic carbocycles. The summed E-state index contributed by atoms with van der Waals surface area (Å²) in [6.07, 6.45) is 0. The van der Waals surface area contributed by atoms with Crippen LogP contribution in [0.3, 0.4) is 0 Å². The first-order valence-corrected chi connectivity index (χ1v) is 5.41. The number of nitro benzene ring substituents is 1. The molecule has 0 atom stereocenters. The van der Waals surface area contributed by atoms with Crippen LogP contribution >= 0.6 is 11.6 Å². The van der Waals surface area contributed by atoms with E-state index in [1.807, 2.05) is 0 Å². The van der Waals surface area contributed by atoms with Crippen LogP contribution in [0, 0.1) is 10.1 Å². The molecule has 0 aliphatic heterocycles. The van der Waals surface area contributed by atoms with Gasteiger partial charge in [0.15, 0.2) is 5.82 Å². The Morgan fingerprint density at radius 2 is 2.33 bits per heavy atom. The van der Waals surface area contributed by atoms with E-state index in [4.69, 9.17) is 20.9 Å². The molecule has 0 aliphatic rings. The van der Waals surface area contributed by atoms with E-state index in [-0.39, 0.29) is 23.2 Å². The van der Waals surface area contributed by atoms with E-state index in [1.54, 1.807) is 6.07 Å². The Labute approximate surface area is 106 Å². The fourth-order valence-electron chi connectivity index (χ4n) is 1.47. The molecule has 2 aromatic rings. The van der Waals surface area contributed by atoms with Gasteiger partial charge in [0.1, 0.15) is 0 Å². The molecule has 0 saturated heterocycles. The van der Waals surface area contributed by atoms with Gasteiger partial charge in [-0.3, -0.25) is 10.1 Å². The molecule has 0 N–H and O–H groups in total. The molecule has 1 aromatic heterocycles. The maximum absolute atomic E-state index is 10.9. The largest absolute Gasteiger partial charge is 0.490 e. The monoisotopic (exact) mass is 269 g/mol. The number of benzene rings is 1. The lowest BCUT2D eigenvalue weighted by molar-refractivity contribution is -0.385. The fraction of sp³-hybridized carbons (Fsp3) is 0.200. The summed E-state index contributed by atoms with van der Waals surface area (Å²) in [6.45, 7) is 0. The van der Waals surface area contributed by atoms with Crippen molar-refractivity contribution in [2.45, 2.75) is 5.88 Å². The van der Waals surface area contributed by atoms with E-state index in [2.05, 4.69) is 10.1 Å². The zero-order valence-corrected chi connectivity index (χ0v) is 10.0. The molecule has 0 saturated carbocycles. The second-order valence-electron chi connectivity index (χ2n) is 3.26. The summed E-state index contributed by atoms with van der Waals surface area (Å²) in [5, 5.41) is 14.5. The molecule has 0 unspecified atom stereocenters. The van der Waals surface area contributed by atoms with E-state index in [1.165, 1.54) is 19.2 Å². The maximum atomic E-state index is 10.9. The van der Waals surface area contributed by atoms with Crippen LogP contribution in [0.25, 0.3) is 11.5 Å². The topological polar surface area (TPSA) is 91.3 Å². The zero-order chi connectivity index (χ0) is 13.1. The number of aromatic nitrogens is 2. The molecule has 8 heteroatoms. The van der Waals surface area contributed by atoms with Crippen molar-refractivity contribution in [1.82, 2.24) is 10.1 Å². The molecule has 18 heavy (non-hydrogen) atoms. The summed E-state index contributed by atoms with van der Waals surface area (Å²) >= 11 is 5.56. The van der Waals surface area contributed by atoms with Crippen LogP contribution in [0.4, 0.5) is 5.69 Å². The van der Waals surface area contributed by atoms with Crippen LogP contribution in [-0.4, -0.2) is 22.2 Å². The lowest BCUT2D eigenvalue weighted by atomic mass is 10.1. The molecule has 1 heterocycles. The Morgan fingerprint density at radius 3 is 2.89 bits per heavy atom. The third-order valence-electron chi connectivity index (χ3n) is 2.21. The molecular weight excluding hydrogens is 262 g/mol. The number of hydrogen-bond donors (Lipinski definition) is 0. The summed E-state index contributed by atoms with van der Waals surface area (Å²) in [7, 11) is 1.34. The number of para-hydroxylation sites is 1. The van der Waals surface area contributed by atoms with E-state index < -0.39 is 4.92 Å². The first-order chi connectivity index (χ1) is 8.67. The molecule has 7 nitrogen and oxygen atoms in total. The Bertz CT molecular complexity index is 584. The number of nitro groups is 1. The van der Waals surface area contributed by atoms with Crippen LogP contribution in [0.5, 0.6) is 5.75 Å². The van der Waals surface area contributed by atoms with Gasteiger partial charge < -0.3 is 9.26 Å². The average molecular weight is 270 g/mol. The van der Waals surface area contributed by atoms with Crippen molar-refractivity contribution in [2.24, 2.45) is 0 Å². The van der Waals surface area contributed by atoms with Crippen molar-refractivity contribution in [2.75, 3.05) is 7.11 Å². The highest BCUT2D eigenvalue weighted by molar-refractivity contribution is 6.16. The van der Waals surface area contributed by atoms with Gasteiger partial charge in [-0.25, -0.2) is 0 Å². The first-order valence-electron chi connectivity index (χ1n) is 4.87. The molecule has 94 valence electrons. The molecule has 2 rings (SSSR count). The third kappa shape index (κ3) is 2.12. The highest BCUT2D eigenvalue weighted by Gasteiger charge is 2.22. The van der Waals surface area contributed by atoms with Gasteiger partial charge in [-0.05, 0) is 6.07 Å². The van der Waals surface area contributed by atoms with Crippen LogP contribution < -0.4 is 4.74 Å². The van der Waals surface area contributed by atoms with Gasteiger partial charge >= 0.3 is 5.69 Å². The predicted molar refractivity (Wildman–Crippen MR) is 62.5 cm³/mol. The summed E-state index contributed by atoms with van der Waals surface area (Å²) in [6, 6.07) is 4.44. The smallest absolute Gasteiger partial charge is 0.311 e. The van der Waals surface area contributed by atoms with Crippen molar-refractivity contribution in [3.8, 4) is 17.2 Å². The van der Waals surface area contributed by atoms with Crippen molar-refractivity contribution >= 4 is 17.3 Å². The van der Waals surface area contributed by atoms with Crippen molar-refractivity contribution in [3.63, 3.8) is 0 Å². The molecule has 0 spiro atoms. The lowest BCUT2D eigenvalue weighted by Gasteiger charge is -2.04. The highest BCUT2D eigenvalue weighted by atomic mass is 35.5. The Kier molecular flexibility index (Phi) is 3.42. The van der Waals surface area contributed by atoms with Gasteiger partial charge in [-0.15, -0.1) is 11.6 Å². The maximum Gasteiger partial charge on any atom is 0.311 e. The summed E-state index contributed by atoms with van der Waals surface area (Å²) in [5.74, 6) is 0.611. The average Bonchev–Trinajstić information content (AvgIpc) is 2.86. The minimum absolute atomic E-state index is 0.0762. The van der Waals surface area contributed by atoms with Gasteiger partial charge in [-0.1, -0.05) is 11.2 Å². The van der Waals surface area contributed by atoms with Crippen LogP contribution in [0.15, 0.2) is 22.7 Å². The number of rotatable bonds is 4. The molecule has 0 amide bonds. The Balaban J connectivity index is 2.56. The normalized spacial score (nSPS) is 10.3. The van der Waals surface area contributed by atoms with E-state index in [0.717, 1.165) is 0 Å². The number of nitrogens with zero attached hydrogens (tertiary/aromatic N) is 3. The molecule has 0 bridgehead atoms. The van der Waals surface area contributed by atoms with Crippen molar-refractivity contribution < 1.29 is 14.2 Å². The third-order valence-corrected chi connectivity index (χ3v) is 2.45. The Hall–Kier alpha value is -2.15. The number of methoxy groups -OCH3 is 1. The molecule has 0 aliphatic carbocycles. The first kappa shape index (κ1) is 12.3. The van der Waals surface area contributed by atoms with E-state index >= 15 is 0 Å². The van der Waals surface area contributed by atoms with Crippen LogP contribution in [0.2, 0.25) is 0 Å². The predicted octanol–water partition coefficient (Wildman–Crippen LogP) is 2.39. The molecule has 0 fully saturated rings. The number of ether oxygens (including phenoxy) is 1. The molecule has 0 radical (unpaired) electrons. The number of halogens is 1. The second kappa shape index (κ2) is 5.01. The lowest BCUT2D eigenvalue weighted by Crippen LogP contribution is -1.96. The second-order valence-corrected chi connectivity index (χ2v) is 3.53.